The fourth-order valence-electron chi connectivity index (χ4n) is 8.41. The Morgan fingerprint density at radius 1 is 1.00 bits per heavy atom. The van der Waals surface area contributed by atoms with E-state index in [4.69, 9.17) is 16.3 Å². The lowest BCUT2D eigenvalue weighted by molar-refractivity contribution is -0.274. The summed E-state index contributed by atoms with van der Waals surface area (Å²) in [5.74, 6) is -0.243. The number of likely N-dealkylation sites (tertiary alicyclic amines) is 1. The van der Waals surface area contributed by atoms with Gasteiger partial charge in [0.15, 0.2) is 0 Å². The van der Waals surface area contributed by atoms with Crippen molar-refractivity contribution in [1.82, 2.24) is 30.1 Å². The first-order chi connectivity index (χ1) is 30.3. The zero-order valence-electron chi connectivity index (χ0n) is 36.6. The Morgan fingerprint density at radius 3 is 2.30 bits per heavy atom. The van der Waals surface area contributed by atoms with Crippen molar-refractivity contribution < 1.29 is 41.8 Å². The number of halogens is 4. The van der Waals surface area contributed by atoms with Gasteiger partial charge < -0.3 is 39.8 Å². The van der Waals surface area contributed by atoms with Crippen LogP contribution in [0.2, 0.25) is 5.02 Å². The molecule has 0 bridgehead atoms. The molecule has 19 heteroatoms. The van der Waals surface area contributed by atoms with Gasteiger partial charge in [-0.2, -0.15) is 11.8 Å². The summed E-state index contributed by atoms with van der Waals surface area (Å²) in [6, 6.07) is 11.0. The highest BCUT2D eigenvalue weighted by atomic mass is 35.5. The Labute approximate surface area is 379 Å². The van der Waals surface area contributed by atoms with Crippen molar-refractivity contribution >= 4 is 58.7 Å². The number of imidazole rings is 1. The molecule has 4 amide bonds. The van der Waals surface area contributed by atoms with E-state index >= 15 is 0 Å². The van der Waals surface area contributed by atoms with Gasteiger partial charge >= 0.3 is 12.5 Å². The number of alkyl carbamates (subject to hydrolysis) is 1. The molecule has 4 heterocycles. The van der Waals surface area contributed by atoms with Crippen LogP contribution in [0.15, 0.2) is 60.9 Å². The first kappa shape index (κ1) is 46.5. The standard InChI is InChI=1S/C45H52ClF3N8O6S/c1-24(2)38(54-43(61)62-6)42(60)57-23-29(64-7)16-35(57)39-51-21-34(52-39)27-10-8-26(9-11-27)30-17-32(46)33(18-36(30)63-45(47,48)49)53-40(58)28-12-13-37(50-20-28)56-15-14-55(22-25(56)3)41(59)31-19-44(31,4)5/h8-13,17-18,20-21,24-25,29,31,35,38H,14-16,19,22-23H2,1-7H3,(H,51,52)(H,53,58)(H,54,61). The number of carbonyl (C=O) groups is 4. The summed E-state index contributed by atoms with van der Waals surface area (Å²) in [6.07, 6.45) is 0.758. The number of thioether (sulfide) groups is 1. The number of hydrogen-bond acceptors (Lipinski definition) is 10. The molecule has 3 aliphatic rings. The average molecular weight is 925 g/mol. The lowest BCUT2D eigenvalue weighted by Gasteiger charge is -2.40. The van der Waals surface area contributed by atoms with E-state index in [9.17, 15) is 32.3 Å². The van der Waals surface area contributed by atoms with Gasteiger partial charge in [0.1, 0.15) is 23.4 Å². The number of nitrogens with one attached hydrogen (secondary N) is 3. The molecule has 64 heavy (non-hydrogen) atoms. The van der Waals surface area contributed by atoms with Crippen LogP contribution in [-0.2, 0) is 14.3 Å². The number of aromatic amines is 1. The van der Waals surface area contributed by atoms with Crippen molar-refractivity contribution in [3.8, 4) is 28.1 Å². The van der Waals surface area contributed by atoms with Crippen LogP contribution in [-0.4, -0.2) is 112 Å². The zero-order chi connectivity index (χ0) is 46.2. The average Bonchev–Trinajstić information content (AvgIpc) is 3.56. The third-order valence-corrected chi connectivity index (χ3v) is 13.6. The highest BCUT2D eigenvalue weighted by molar-refractivity contribution is 7.99. The van der Waals surface area contributed by atoms with E-state index in [1.807, 2.05) is 31.9 Å². The van der Waals surface area contributed by atoms with Crippen LogP contribution in [0.3, 0.4) is 0 Å². The van der Waals surface area contributed by atoms with E-state index < -0.39 is 36.2 Å². The number of pyridine rings is 1. The van der Waals surface area contributed by atoms with E-state index in [1.165, 1.54) is 19.4 Å². The van der Waals surface area contributed by atoms with Gasteiger partial charge in [-0.15, -0.1) is 13.2 Å². The highest BCUT2D eigenvalue weighted by Crippen LogP contribution is 2.52. The summed E-state index contributed by atoms with van der Waals surface area (Å²) in [7, 11) is 1.24. The van der Waals surface area contributed by atoms with Gasteiger partial charge in [-0.1, -0.05) is 63.6 Å². The maximum absolute atomic E-state index is 13.8. The van der Waals surface area contributed by atoms with Crippen LogP contribution in [0.1, 0.15) is 69.7 Å². The number of ether oxygens (including phenoxy) is 2. The number of anilines is 2. The number of rotatable bonds is 12. The SMILES string of the molecule is COC(=O)NC(C(=O)N1CC(SC)CC1c1ncc(-c2ccc(-c3cc(Cl)c(NC(=O)c4ccc(N5CCN(C(=O)C6CC6(C)C)CC5C)nc4)cc3OC(F)(F)F)cc2)[nH]1)C(C)C. The smallest absolute Gasteiger partial charge is 0.453 e. The number of amides is 4. The summed E-state index contributed by atoms with van der Waals surface area (Å²) in [5.41, 5.74) is 1.77. The van der Waals surface area contributed by atoms with Crippen molar-refractivity contribution in [3.05, 3.63) is 77.3 Å². The third kappa shape index (κ3) is 10.2. The summed E-state index contributed by atoms with van der Waals surface area (Å²) < 4.78 is 50.6. The van der Waals surface area contributed by atoms with E-state index in [0.29, 0.717) is 61.1 Å². The minimum absolute atomic E-state index is 0.00627. The number of methoxy groups -OCH3 is 1. The van der Waals surface area contributed by atoms with Crippen LogP contribution >= 0.6 is 23.4 Å². The summed E-state index contributed by atoms with van der Waals surface area (Å²) in [4.78, 5) is 70.4. The van der Waals surface area contributed by atoms with Crippen molar-refractivity contribution in [2.24, 2.45) is 17.3 Å². The number of carbonyl (C=O) groups excluding carboxylic acids is 4. The molecule has 14 nitrogen and oxygen atoms in total. The normalized spacial score (nSPS) is 21.1. The molecule has 1 aliphatic carbocycles. The molecule has 3 fully saturated rings. The van der Waals surface area contributed by atoms with Crippen molar-refractivity contribution in [1.29, 1.82) is 0 Å². The lowest BCUT2D eigenvalue weighted by Crippen LogP contribution is -2.54. The largest absolute Gasteiger partial charge is 0.573 e. The fourth-order valence-corrected chi connectivity index (χ4v) is 9.30. The first-order valence-electron chi connectivity index (χ1n) is 21.0. The maximum atomic E-state index is 13.8. The molecule has 1 saturated carbocycles. The van der Waals surface area contributed by atoms with E-state index in [0.717, 1.165) is 12.5 Å². The number of alkyl halides is 3. The van der Waals surface area contributed by atoms with Gasteiger partial charge in [-0.05, 0) is 66.7 Å². The second kappa shape index (κ2) is 18.5. The molecule has 342 valence electrons. The van der Waals surface area contributed by atoms with Crippen LogP contribution in [0.25, 0.3) is 22.4 Å². The van der Waals surface area contributed by atoms with Crippen molar-refractivity contribution in [3.63, 3.8) is 0 Å². The summed E-state index contributed by atoms with van der Waals surface area (Å²) in [5, 5.41) is 5.36. The van der Waals surface area contributed by atoms with E-state index in [-0.39, 0.29) is 62.2 Å². The summed E-state index contributed by atoms with van der Waals surface area (Å²) in [6.45, 7) is 12.1. The number of benzene rings is 2. The van der Waals surface area contributed by atoms with Crippen LogP contribution < -0.4 is 20.3 Å². The quantitative estimate of drug-likeness (QED) is 0.126. The number of H-pyrrole nitrogens is 1. The van der Waals surface area contributed by atoms with Crippen LogP contribution in [0, 0.1) is 17.3 Å². The molecular weight excluding hydrogens is 873 g/mol. The molecule has 3 N–H and O–H groups in total. The minimum Gasteiger partial charge on any atom is -0.453 e. The third-order valence-electron chi connectivity index (χ3n) is 12.3. The number of aromatic nitrogens is 3. The molecule has 2 aliphatic heterocycles. The van der Waals surface area contributed by atoms with Gasteiger partial charge in [0.25, 0.3) is 5.91 Å². The molecule has 2 saturated heterocycles. The maximum Gasteiger partial charge on any atom is 0.573 e. The van der Waals surface area contributed by atoms with Gasteiger partial charge in [-0.25, -0.2) is 14.8 Å². The molecule has 4 aromatic rings. The molecule has 5 unspecified atom stereocenters. The lowest BCUT2D eigenvalue weighted by atomic mass is 10.0. The molecule has 0 spiro atoms. The fraction of sp³-hybridized carbons (Fsp3) is 0.467. The van der Waals surface area contributed by atoms with Gasteiger partial charge in [0.2, 0.25) is 11.8 Å². The monoisotopic (exact) mass is 924 g/mol. The molecular formula is C45H52ClF3N8O6S. The Bertz CT molecular complexity index is 2380. The summed E-state index contributed by atoms with van der Waals surface area (Å²) >= 11 is 8.25. The molecule has 0 radical (unpaired) electrons. The molecule has 7 rings (SSSR count). The zero-order valence-corrected chi connectivity index (χ0v) is 38.2. The number of nitrogens with zero attached hydrogens (tertiary/aromatic N) is 5. The Balaban J connectivity index is 1.05. The van der Waals surface area contributed by atoms with Crippen LogP contribution in [0.5, 0.6) is 5.75 Å². The van der Waals surface area contributed by atoms with E-state index in [1.54, 1.807) is 59.3 Å². The Morgan fingerprint density at radius 2 is 1.70 bits per heavy atom. The minimum atomic E-state index is -5.06. The Hall–Kier alpha value is -5.49. The second-order valence-corrected chi connectivity index (χ2v) is 19.1. The van der Waals surface area contributed by atoms with Gasteiger partial charge in [-0.3, -0.25) is 14.4 Å². The highest BCUT2D eigenvalue weighted by Gasteiger charge is 2.52. The Kier molecular flexibility index (Phi) is 13.5. The molecule has 2 aromatic heterocycles. The number of hydrogen-bond donors (Lipinski definition) is 3. The van der Waals surface area contributed by atoms with Gasteiger partial charge in [0.05, 0.1) is 41.3 Å². The van der Waals surface area contributed by atoms with Crippen LogP contribution in [0.4, 0.5) is 29.5 Å². The molecule has 5 atom stereocenters. The predicted octanol–water partition coefficient (Wildman–Crippen LogP) is 8.41. The first-order valence-corrected chi connectivity index (χ1v) is 22.7. The van der Waals surface area contributed by atoms with E-state index in [2.05, 4.69) is 49.1 Å². The van der Waals surface area contributed by atoms with Crippen molar-refractivity contribution in [2.75, 3.05) is 49.8 Å². The predicted molar refractivity (Wildman–Crippen MR) is 239 cm³/mol. The van der Waals surface area contributed by atoms with Crippen molar-refractivity contribution in [2.45, 2.75) is 77.2 Å². The topological polar surface area (TPSA) is 162 Å². The van der Waals surface area contributed by atoms with Gasteiger partial charge in [0, 0.05) is 61.2 Å². The number of piperazine rings is 1. The second-order valence-electron chi connectivity index (χ2n) is 17.5. The molecule has 2 aromatic carbocycles.